The number of nitrogens with one attached hydrogen (secondary N) is 2. The molecule has 0 amide bonds. The number of hydrogen-bond donors (Lipinski definition) is 3. The summed E-state index contributed by atoms with van der Waals surface area (Å²) in [5.74, 6) is -0.182. The van der Waals surface area contributed by atoms with E-state index in [1.165, 1.54) is 18.2 Å². The summed E-state index contributed by atoms with van der Waals surface area (Å²) in [5, 5.41) is 16.0. The molecule has 3 aromatic carbocycles. The van der Waals surface area contributed by atoms with Gasteiger partial charge < -0.3 is 20.5 Å². The number of anilines is 3. The first-order valence-corrected chi connectivity index (χ1v) is 9.36. The molecule has 3 aromatic rings. The topological polar surface area (TPSA) is 95.5 Å². The van der Waals surface area contributed by atoms with Crippen LogP contribution in [0.1, 0.15) is 42.5 Å². The molecule has 0 aliphatic heterocycles. The fraction of sp³-hybridized carbons (Fsp3) is 0.227. The number of hydrogen-bond acceptors (Lipinski definition) is 6. The average Bonchev–Trinajstić information content (AvgIpc) is 2.75. The Morgan fingerprint density at radius 2 is 1.63 bits per heavy atom. The van der Waals surface area contributed by atoms with Gasteiger partial charge >= 0.3 is 0 Å². The normalized spacial score (nSPS) is 12.1. The molecule has 0 saturated carbocycles. The summed E-state index contributed by atoms with van der Waals surface area (Å²) in [6.07, 6.45) is -1.38. The Morgan fingerprint density at radius 3 is 2.23 bits per heavy atom. The predicted molar refractivity (Wildman–Crippen MR) is 111 cm³/mol. The minimum atomic E-state index is -2.57. The van der Waals surface area contributed by atoms with Crippen molar-refractivity contribution in [3.8, 4) is 5.75 Å². The fourth-order valence-corrected chi connectivity index (χ4v) is 3.20. The lowest BCUT2D eigenvalue weighted by Gasteiger charge is -2.22. The van der Waals surface area contributed by atoms with Gasteiger partial charge in [-0.2, -0.15) is 0 Å². The Labute approximate surface area is 170 Å². The van der Waals surface area contributed by atoms with Crippen LogP contribution >= 0.6 is 0 Å². The van der Waals surface area contributed by atoms with Gasteiger partial charge in [0.05, 0.1) is 11.7 Å². The number of phenolic OH excluding ortho intramolecular Hbond substituents is 1. The highest BCUT2D eigenvalue weighted by molar-refractivity contribution is 5.81. The molecule has 3 N–H and O–H groups in total. The van der Waals surface area contributed by atoms with E-state index in [2.05, 4.69) is 10.6 Å². The van der Waals surface area contributed by atoms with Crippen LogP contribution in [0, 0.1) is 0 Å². The number of phenols is 1. The average molecular weight is 414 g/mol. The molecule has 0 heterocycles. The Balaban J connectivity index is 1.86. The van der Waals surface area contributed by atoms with Crippen LogP contribution in [-0.2, 0) is 11.2 Å². The van der Waals surface area contributed by atoms with Gasteiger partial charge in [0.2, 0.25) is 0 Å². The van der Waals surface area contributed by atoms with Gasteiger partial charge in [0.25, 0.3) is 17.3 Å². The molecule has 0 fully saturated rings. The molecule has 0 aliphatic rings. The Hall–Kier alpha value is -3.55. The molecule has 1 atom stereocenters. The molecule has 0 radical (unpaired) electrons. The number of halogens is 2. The molecule has 0 bridgehead atoms. The van der Waals surface area contributed by atoms with Crippen LogP contribution in [0.15, 0.2) is 52.1 Å². The van der Waals surface area contributed by atoms with E-state index in [-0.39, 0.29) is 40.8 Å². The third-order valence-electron chi connectivity index (χ3n) is 4.91. The van der Waals surface area contributed by atoms with Gasteiger partial charge in [0.15, 0.2) is 0 Å². The van der Waals surface area contributed by atoms with Gasteiger partial charge in [0, 0.05) is 17.5 Å². The first kappa shape index (κ1) is 21.2. The summed E-state index contributed by atoms with van der Waals surface area (Å²) in [7, 11) is 0. The van der Waals surface area contributed by atoms with Crippen LogP contribution in [0.2, 0.25) is 0 Å². The molecular weight excluding hydrogens is 394 g/mol. The van der Waals surface area contributed by atoms with Crippen molar-refractivity contribution in [1.82, 2.24) is 0 Å². The molecule has 6 nitrogen and oxygen atoms in total. The van der Waals surface area contributed by atoms with E-state index >= 15 is 0 Å². The number of para-hydroxylation sites is 1. The lowest BCUT2D eigenvalue weighted by atomic mass is 10.0. The van der Waals surface area contributed by atoms with E-state index in [4.69, 9.17) is 0 Å². The van der Waals surface area contributed by atoms with Gasteiger partial charge in [-0.15, -0.1) is 0 Å². The first-order valence-electron chi connectivity index (χ1n) is 9.36. The van der Waals surface area contributed by atoms with E-state index in [0.717, 1.165) is 0 Å². The summed E-state index contributed by atoms with van der Waals surface area (Å²) in [6.45, 7) is 1.85. The van der Waals surface area contributed by atoms with Crippen molar-refractivity contribution < 1.29 is 18.7 Å². The van der Waals surface area contributed by atoms with Crippen molar-refractivity contribution in [2.24, 2.45) is 0 Å². The van der Waals surface area contributed by atoms with Crippen LogP contribution in [0.3, 0.4) is 0 Å². The van der Waals surface area contributed by atoms with Gasteiger partial charge in [-0.05, 0) is 18.1 Å². The predicted octanol–water partition coefficient (Wildman–Crippen LogP) is 3.97. The van der Waals surface area contributed by atoms with Crippen molar-refractivity contribution in [3.63, 3.8) is 0 Å². The highest BCUT2D eigenvalue weighted by Crippen LogP contribution is 2.33. The largest absolute Gasteiger partial charge is 0.505 e. The van der Waals surface area contributed by atoms with Crippen molar-refractivity contribution >= 4 is 23.3 Å². The maximum Gasteiger partial charge on any atom is 0.263 e. The molecule has 0 aromatic heterocycles. The molecule has 156 valence electrons. The zero-order valence-electron chi connectivity index (χ0n) is 16.1. The van der Waals surface area contributed by atoms with Crippen molar-refractivity contribution in [3.05, 3.63) is 79.6 Å². The highest BCUT2D eigenvalue weighted by atomic mass is 19.3. The molecule has 0 spiro atoms. The van der Waals surface area contributed by atoms with Crippen LogP contribution in [0.5, 0.6) is 5.75 Å². The number of alkyl halides is 2. The minimum Gasteiger partial charge on any atom is -0.505 e. The number of rotatable bonds is 9. The van der Waals surface area contributed by atoms with Crippen LogP contribution in [0.4, 0.5) is 25.8 Å². The first-order chi connectivity index (χ1) is 14.4. The fourth-order valence-electron chi connectivity index (χ4n) is 3.20. The zero-order chi connectivity index (χ0) is 21.8. The number of carbonyl (C=O) groups is 1. The minimum absolute atomic E-state index is 0.00111. The Bertz CT molecular complexity index is 1120. The lowest BCUT2D eigenvalue weighted by molar-refractivity contribution is -0.107. The van der Waals surface area contributed by atoms with E-state index in [1.54, 1.807) is 24.3 Å². The molecule has 8 heteroatoms. The Morgan fingerprint density at radius 1 is 1.00 bits per heavy atom. The maximum absolute atomic E-state index is 12.8. The highest BCUT2D eigenvalue weighted by Gasteiger charge is 2.25. The third-order valence-corrected chi connectivity index (χ3v) is 4.91. The second-order valence-electron chi connectivity index (χ2n) is 6.79. The zero-order valence-corrected chi connectivity index (χ0v) is 16.1. The quantitative estimate of drug-likeness (QED) is 0.279. The lowest BCUT2D eigenvalue weighted by Crippen LogP contribution is -2.37. The van der Waals surface area contributed by atoms with Crippen LogP contribution < -0.4 is 21.5 Å². The number of aldehydes is 1. The second kappa shape index (κ2) is 8.86. The van der Waals surface area contributed by atoms with E-state index in [9.17, 15) is 28.3 Å². The monoisotopic (exact) mass is 414 g/mol. The third kappa shape index (κ3) is 4.07. The molecular formula is C22H20F2N2O4. The maximum atomic E-state index is 12.8. The summed E-state index contributed by atoms with van der Waals surface area (Å²) >= 11 is 0. The van der Waals surface area contributed by atoms with E-state index in [0.29, 0.717) is 23.8 Å². The number of benzene rings is 2. The number of aromatic hydroxyl groups is 1. The molecule has 3 rings (SSSR count). The Kier molecular flexibility index (Phi) is 6.25. The summed E-state index contributed by atoms with van der Waals surface area (Å²) in [4.78, 5) is 34.9. The summed E-state index contributed by atoms with van der Waals surface area (Å²) in [6, 6.07) is 10.1. The van der Waals surface area contributed by atoms with Gasteiger partial charge in [-0.1, -0.05) is 43.3 Å². The standard InChI is InChI=1S/C22H20F2N2O4/c1-2-15(12-6-8-14(9-7-12)22(23)24)25-17-18(21(30)20(17)29)26-16-5-3-4-13(10-11-27)19(16)28/h3-9,11,15,22,25-26,28H,2,10H2,1H3. The molecule has 0 aliphatic carbocycles. The van der Waals surface area contributed by atoms with Gasteiger partial charge in [-0.3, -0.25) is 9.59 Å². The summed E-state index contributed by atoms with van der Waals surface area (Å²) in [5.41, 5.74) is -0.212. The second-order valence-corrected chi connectivity index (χ2v) is 6.79. The number of carbonyl (C=O) groups excluding carboxylic acids is 1. The van der Waals surface area contributed by atoms with E-state index < -0.39 is 17.3 Å². The molecule has 1 unspecified atom stereocenters. The van der Waals surface area contributed by atoms with Gasteiger partial charge in [0.1, 0.15) is 23.4 Å². The van der Waals surface area contributed by atoms with Gasteiger partial charge in [-0.25, -0.2) is 8.78 Å². The molecule has 0 saturated heterocycles. The van der Waals surface area contributed by atoms with Crippen LogP contribution in [0.25, 0.3) is 0 Å². The SMILES string of the molecule is CCC(Nc1c(Nc2cccc(CC=O)c2O)c(=O)c1=O)c1ccc(C(F)F)cc1. The smallest absolute Gasteiger partial charge is 0.263 e. The van der Waals surface area contributed by atoms with Crippen molar-refractivity contribution in [1.29, 1.82) is 0 Å². The van der Waals surface area contributed by atoms with Crippen molar-refractivity contribution in [2.45, 2.75) is 32.2 Å². The summed E-state index contributed by atoms with van der Waals surface area (Å²) < 4.78 is 25.5. The molecule has 30 heavy (non-hydrogen) atoms. The van der Waals surface area contributed by atoms with Crippen LogP contribution in [-0.4, -0.2) is 11.4 Å². The van der Waals surface area contributed by atoms with E-state index in [1.807, 2.05) is 6.92 Å². The van der Waals surface area contributed by atoms with Crippen molar-refractivity contribution in [2.75, 3.05) is 10.6 Å².